The fourth-order valence-corrected chi connectivity index (χ4v) is 4.08. The van der Waals surface area contributed by atoms with Crippen LogP contribution in [0.3, 0.4) is 0 Å². The summed E-state index contributed by atoms with van der Waals surface area (Å²) in [4.78, 5) is 23.4. The predicted octanol–water partition coefficient (Wildman–Crippen LogP) is 3.76. The smallest absolute Gasteiger partial charge is 0.341 e. The number of aliphatic carboxylic acids is 1. The number of nitriles is 1. The van der Waals surface area contributed by atoms with Gasteiger partial charge in [0.1, 0.15) is 11.6 Å². The van der Waals surface area contributed by atoms with Gasteiger partial charge in [0.05, 0.1) is 10.2 Å². The molecular formula is C21H25IN2O5. The SMILES string of the molecule is CCOc1cc(/C=C(\C#N)C(=O)N[C@@H]2CCCC[C@H]2C)cc(I)c1OCC(=O)O. The Kier molecular flexibility index (Phi) is 8.76. The molecule has 0 aliphatic heterocycles. The molecule has 7 nitrogen and oxygen atoms in total. The number of rotatable bonds is 8. The minimum absolute atomic E-state index is 0.0141. The van der Waals surface area contributed by atoms with Crippen molar-refractivity contribution in [3.05, 3.63) is 26.8 Å². The molecule has 0 radical (unpaired) electrons. The van der Waals surface area contributed by atoms with E-state index in [2.05, 4.69) is 12.2 Å². The summed E-state index contributed by atoms with van der Waals surface area (Å²) < 4.78 is 11.5. The van der Waals surface area contributed by atoms with Crippen molar-refractivity contribution in [2.24, 2.45) is 5.92 Å². The van der Waals surface area contributed by atoms with Gasteiger partial charge < -0.3 is 19.9 Å². The summed E-state index contributed by atoms with van der Waals surface area (Å²) in [5, 5.41) is 21.3. The van der Waals surface area contributed by atoms with E-state index in [-0.39, 0.29) is 17.5 Å². The average Bonchev–Trinajstić information content (AvgIpc) is 2.67. The van der Waals surface area contributed by atoms with Crippen molar-refractivity contribution in [2.75, 3.05) is 13.2 Å². The van der Waals surface area contributed by atoms with Crippen molar-refractivity contribution in [1.82, 2.24) is 5.32 Å². The first-order chi connectivity index (χ1) is 13.8. The van der Waals surface area contributed by atoms with Crippen LogP contribution in [0.5, 0.6) is 11.5 Å². The monoisotopic (exact) mass is 512 g/mol. The summed E-state index contributed by atoms with van der Waals surface area (Å²) in [6, 6.07) is 5.41. The van der Waals surface area contributed by atoms with Gasteiger partial charge >= 0.3 is 5.97 Å². The van der Waals surface area contributed by atoms with Crippen LogP contribution in [0.2, 0.25) is 0 Å². The van der Waals surface area contributed by atoms with Gasteiger partial charge in [-0.1, -0.05) is 19.8 Å². The first-order valence-corrected chi connectivity index (χ1v) is 10.7. The van der Waals surface area contributed by atoms with E-state index in [1.165, 1.54) is 12.5 Å². The summed E-state index contributed by atoms with van der Waals surface area (Å²) in [5.74, 6) is -0.390. The van der Waals surface area contributed by atoms with Gasteiger partial charge in [-0.2, -0.15) is 5.26 Å². The van der Waals surface area contributed by atoms with Gasteiger partial charge in [0, 0.05) is 6.04 Å². The molecule has 1 aromatic carbocycles. The zero-order chi connectivity index (χ0) is 21.4. The highest BCUT2D eigenvalue weighted by molar-refractivity contribution is 14.1. The number of carbonyl (C=O) groups excluding carboxylic acids is 1. The Morgan fingerprint density at radius 3 is 2.69 bits per heavy atom. The molecule has 156 valence electrons. The lowest BCUT2D eigenvalue weighted by atomic mass is 9.86. The second-order valence-electron chi connectivity index (χ2n) is 6.96. The topological polar surface area (TPSA) is 109 Å². The van der Waals surface area contributed by atoms with Crippen LogP contribution in [0.1, 0.15) is 45.1 Å². The summed E-state index contributed by atoms with van der Waals surface area (Å²) in [5.41, 5.74) is 0.615. The number of nitrogens with zero attached hydrogens (tertiary/aromatic N) is 1. The van der Waals surface area contributed by atoms with E-state index in [0.29, 0.717) is 33.2 Å². The van der Waals surface area contributed by atoms with E-state index < -0.39 is 12.6 Å². The molecule has 0 saturated heterocycles. The number of carboxylic acid groups (broad SMARTS) is 1. The summed E-state index contributed by atoms with van der Waals surface area (Å²) in [6.07, 6.45) is 5.75. The van der Waals surface area contributed by atoms with E-state index in [0.717, 1.165) is 19.3 Å². The molecule has 1 saturated carbocycles. The first kappa shape index (κ1) is 23.0. The number of carbonyl (C=O) groups is 2. The zero-order valence-electron chi connectivity index (χ0n) is 16.5. The molecule has 2 atom stereocenters. The molecule has 1 amide bonds. The van der Waals surface area contributed by atoms with Crippen molar-refractivity contribution < 1.29 is 24.2 Å². The number of carboxylic acids is 1. The molecule has 1 fully saturated rings. The number of benzene rings is 1. The summed E-state index contributed by atoms with van der Waals surface area (Å²) >= 11 is 2.01. The van der Waals surface area contributed by atoms with E-state index in [4.69, 9.17) is 14.6 Å². The second kappa shape index (κ2) is 11.0. The van der Waals surface area contributed by atoms with E-state index in [1.54, 1.807) is 19.1 Å². The quantitative estimate of drug-likeness (QED) is 0.312. The maximum atomic E-state index is 12.6. The summed E-state index contributed by atoms with van der Waals surface area (Å²) in [7, 11) is 0. The molecule has 0 heterocycles. The Bertz CT molecular complexity index is 831. The lowest BCUT2D eigenvalue weighted by molar-refractivity contribution is -0.139. The third-order valence-corrected chi connectivity index (χ3v) is 5.58. The molecule has 1 aliphatic carbocycles. The predicted molar refractivity (Wildman–Crippen MR) is 117 cm³/mol. The number of nitrogens with one attached hydrogen (secondary N) is 1. The fourth-order valence-electron chi connectivity index (χ4n) is 3.30. The molecule has 0 spiro atoms. The van der Waals surface area contributed by atoms with Crippen LogP contribution in [-0.2, 0) is 9.59 Å². The van der Waals surface area contributed by atoms with Crippen molar-refractivity contribution in [3.8, 4) is 17.6 Å². The molecule has 2 N–H and O–H groups in total. The number of halogens is 1. The number of amides is 1. The van der Waals surface area contributed by atoms with Crippen LogP contribution in [0, 0.1) is 20.8 Å². The normalized spacial score (nSPS) is 19.2. The van der Waals surface area contributed by atoms with Crippen molar-refractivity contribution in [3.63, 3.8) is 0 Å². The number of hydrogen-bond donors (Lipinski definition) is 2. The van der Waals surface area contributed by atoms with Crippen LogP contribution in [0.15, 0.2) is 17.7 Å². The Hall–Kier alpha value is -2.28. The second-order valence-corrected chi connectivity index (χ2v) is 8.12. The van der Waals surface area contributed by atoms with Gasteiger partial charge in [0.25, 0.3) is 5.91 Å². The third-order valence-electron chi connectivity index (χ3n) is 4.78. The van der Waals surface area contributed by atoms with Crippen molar-refractivity contribution >= 4 is 40.5 Å². The lowest BCUT2D eigenvalue weighted by Crippen LogP contribution is -2.41. The molecule has 1 aromatic rings. The standard InChI is InChI=1S/C21H25IN2O5/c1-3-28-18-10-14(9-16(22)20(18)29-12-19(25)26)8-15(11-23)21(27)24-17-7-5-4-6-13(17)2/h8-10,13,17H,3-7,12H2,1-2H3,(H,24,27)(H,25,26)/b15-8+/t13-,17-/m1/s1. The van der Waals surface area contributed by atoms with Crippen LogP contribution in [0.25, 0.3) is 6.08 Å². The van der Waals surface area contributed by atoms with Crippen molar-refractivity contribution in [2.45, 2.75) is 45.6 Å². The van der Waals surface area contributed by atoms with E-state index in [9.17, 15) is 14.9 Å². The minimum Gasteiger partial charge on any atom is -0.490 e. The molecule has 0 bridgehead atoms. The molecule has 29 heavy (non-hydrogen) atoms. The van der Waals surface area contributed by atoms with Gasteiger partial charge in [-0.25, -0.2) is 4.79 Å². The highest BCUT2D eigenvalue weighted by Crippen LogP contribution is 2.35. The van der Waals surface area contributed by atoms with Gasteiger partial charge in [-0.3, -0.25) is 4.79 Å². The zero-order valence-corrected chi connectivity index (χ0v) is 18.7. The lowest BCUT2D eigenvalue weighted by Gasteiger charge is -2.29. The highest BCUT2D eigenvalue weighted by Gasteiger charge is 2.24. The van der Waals surface area contributed by atoms with Crippen LogP contribution < -0.4 is 14.8 Å². The molecule has 8 heteroatoms. The fraction of sp³-hybridized carbons (Fsp3) is 0.476. The maximum Gasteiger partial charge on any atom is 0.341 e. The first-order valence-electron chi connectivity index (χ1n) is 9.59. The molecular weight excluding hydrogens is 487 g/mol. The Labute approximate surface area is 184 Å². The maximum absolute atomic E-state index is 12.6. The Morgan fingerprint density at radius 1 is 1.34 bits per heavy atom. The van der Waals surface area contributed by atoms with Crippen LogP contribution >= 0.6 is 22.6 Å². The average molecular weight is 512 g/mol. The van der Waals surface area contributed by atoms with Crippen molar-refractivity contribution in [1.29, 1.82) is 5.26 Å². The largest absolute Gasteiger partial charge is 0.490 e. The molecule has 0 unspecified atom stereocenters. The number of ether oxygens (including phenoxy) is 2. The summed E-state index contributed by atoms with van der Waals surface area (Å²) in [6.45, 7) is 3.79. The Balaban J connectivity index is 2.26. The van der Waals surface area contributed by atoms with E-state index >= 15 is 0 Å². The van der Waals surface area contributed by atoms with Gasteiger partial charge in [0.15, 0.2) is 18.1 Å². The Morgan fingerprint density at radius 2 is 2.07 bits per heavy atom. The minimum atomic E-state index is -1.09. The van der Waals surface area contributed by atoms with Crippen LogP contribution in [0.4, 0.5) is 0 Å². The van der Waals surface area contributed by atoms with Crippen LogP contribution in [-0.4, -0.2) is 36.2 Å². The number of hydrogen-bond acceptors (Lipinski definition) is 5. The van der Waals surface area contributed by atoms with Gasteiger partial charge in [0.2, 0.25) is 0 Å². The van der Waals surface area contributed by atoms with Gasteiger partial charge in [-0.05, 0) is 72.0 Å². The third kappa shape index (κ3) is 6.63. The molecule has 0 aromatic heterocycles. The molecule has 1 aliphatic rings. The molecule has 2 rings (SSSR count). The van der Waals surface area contributed by atoms with E-state index in [1.807, 2.05) is 28.7 Å². The highest BCUT2D eigenvalue weighted by atomic mass is 127. The van der Waals surface area contributed by atoms with Gasteiger partial charge in [-0.15, -0.1) is 0 Å².